The summed E-state index contributed by atoms with van der Waals surface area (Å²) in [6.07, 6.45) is 3.75. The molecule has 0 heterocycles. The van der Waals surface area contributed by atoms with Crippen LogP contribution in [0, 0.1) is 0 Å². The van der Waals surface area contributed by atoms with Gasteiger partial charge in [-0.2, -0.15) is 8.42 Å². The van der Waals surface area contributed by atoms with E-state index in [1.54, 1.807) is 0 Å². The lowest BCUT2D eigenvalue weighted by Crippen LogP contribution is -2.22. The van der Waals surface area contributed by atoms with Crippen LogP contribution in [0.1, 0.15) is 0 Å². The number of hydrogen-bond donors (Lipinski definition) is 3. The lowest BCUT2D eigenvalue weighted by atomic mass is 10.8. The summed E-state index contributed by atoms with van der Waals surface area (Å²) in [6, 6.07) is 0. The van der Waals surface area contributed by atoms with E-state index in [1.807, 2.05) is 12.5 Å². The van der Waals surface area contributed by atoms with E-state index in [1.165, 1.54) is 0 Å². The van der Waals surface area contributed by atoms with E-state index in [0.717, 1.165) is 0 Å². The van der Waals surface area contributed by atoms with Crippen molar-refractivity contribution >= 4 is 31.0 Å². The van der Waals surface area contributed by atoms with Gasteiger partial charge in [-0.1, -0.05) is 0 Å². The molecule has 0 aromatic heterocycles. The zero-order chi connectivity index (χ0) is 9.12. The first-order valence-corrected chi connectivity index (χ1v) is 7.97. The highest BCUT2D eigenvalue weighted by Crippen LogP contribution is 2.38. The van der Waals surface area contributed by atoms with E-state index in [4.69, 9.17) is 4.55 Å². The van der Waals surface area contributed by atoms with Gasteiger partial charge in [0.25, 0.3) is 10.1 Å². The first kappa shape index (κ1) is 11.6. The topological polar surface area (TPSA) is 66.4 Å². The number of rotatable bonds is 4. The zero-order valence-corrected chi connectivity index (χ0v) is 8.97. The van der Waals surface area contributed by atoms with E-state index >= 15 is 0 Å². The molecule has 0 rings (SSSR count). The highest BCUT2D eigenvalue weighted by molar-refractivity contribution is 8.86. The molecule has 0 saturated heterocycles. The third-order valence-corrected chi connectivity index (χ3v) is 2.83. The molecule has 0 radical (unpaired) electrons. The third-order valence-electron chi connectivity index (χ3n) is 0.815. The van der Waals surface area contributed by atoms with Crippen molar-refractivity contribution in [2.45, 2.75) is 0 Å². The summed E-state index contributed by atoms with van der Waals surface area (Å²) < 4.78 is 31.7. The summed E-state index contributed by atoms with van der Waals surface area (Å²) in [4.78, 5) is 0. The van der Waals surface area contributed by atoms with Crippen LogP contribution in [-0.4, -0.2) is 37.8 Å². The zero-order valence-electron chi connectivity index (χ0n) is 6.44. The Morgan fingerprint density at radius 2 is 1.91 bits per heavy atom. The Morgan fingerprint density at radius 1 is 1.45 bits per heavy atom. The van der Waals surface area contributed by atoms with Crippen molar-refractivity contribution in [3.05, 3.63) is 0 Å². The molecule has 0 fully saturated rings. The Bertz CT molecular complexity index is 205. The number of thiol groups is 1. The fraction of sp³-hybridized carbons (Fsp3) is 1.00. The summed E-state index contributed by atoms with van der Waals surface area (Å²) >= 11 is 4.18. The first-order valence-electron chi connectivity index (χ1n) is 2.86. The Kier molecular flexibility index (Phi) is 4.20. The van der Waals surface area contributed by atoms with Crippen LogP contribution in [0.5, 0.6) is 0 Å². The van der Waals surface area contributed by atoms with Crippen molar-refractivity contribution in [3.8, 4) is 0 Å². The molecule has 70 valence electrons. The maximum Gasteiger partial charge on any atom is 0.266 e. The average Bonchev–Trinajstić information content (AvgIpc) is 1.55. The summed E-state index contributed by atoms with van der Waals surface area (Å²) in [5, 5.41) is 0. The van der Waals surface area contributed by atoms with Crippen molar-refractivity contribution < 1.29 is 13.0 Å². The summed E-state index contributed by atoms with van der Waals surface area (Å²) in [5.41, 5.74) is 0. The van der Waals surface area contributed by atoms with Gasteiger partial charge in [0, 0.05) is 6.54 Å². The van der Waals surface area contributed by atoms with Crippen LogP contribution in [0.4, 0.5) is 0 Å². The minimum absolute atomic E-state index is 0.241. The predicted octanol–water partition coefficient (Wildman–Crippen LogP) is 0.288. The molecule has 2 N–H and O–H groups in total. The van der Waals surface area contributed by atoms with Gasteiger partial charge in [0.1, 0.15) is 0 Å². The van der Waals surface area contributed by atoms with Crippen molar-refractivity contribution in [1.82, 2.24) is 4.72 Å². The maximum atomic E-state index is 10.2. The minimum Gasteiger partial charge on any atom is -0.286 e. The molecule has 0 spiro atoms. The molecular weight excluding hydrogens is 206 g/mol. The van der Waals surface area contributed by atoms with Crippen LogP contribution in [-0.2, 0) is 10.1 Å². The molecule has 0 bridgehead atoms. The van der Waals surface area contributed by atoms with Crippen LogP contribution >= 0.6 is 20.9 Å². The maximum absolute atomic E-state index is 10.2. The van der Waals surface area contributed by atoms with Gasteiger partial charge in [-0.3, -0.25) is 9.27 Å². The molecule has 0 aromatic carbocycles. The van der Waals surface area contributed by atoms with Crippen molar-refractivity contribution in [1.29, 1.82) is 0 Å². The highest BCUT2D eigenvalue weighted by atomic mass is 33.1. The van der Waals surface area contributed by atoms with Crippen LogP contribution in [0.25, 0.3) is 0 Å². The SMILES string of the molecule is CS(C)(S)NCCS(=O)(=O)O. The van der Waals surface area contributed by atoms with Gasteiger partial charge in [-0.25, -0.2) is 0 Å². The molecule has 0 atom stereocenters. The predicted molar refractivity (Wildman–Crippen MR) is 52.8 cm³/mol. The smallest absolute Gasteiger partial charge is 0.266 e. The number of hydrogen-bond acceptors (Lipinski definition) is 4. The number of nitrogens with one attached hydrogen (secondary N) is 1. The fourth-order valence-corrected chi connectivity index (χ4v) is 1.79. The van der Waals surface area contributed by atoms with Gasteiger partial charge in [-0.15, -0.1) is 20.9 Å². The molecule has 7 heteroatoms. The van der Waals surface area contributed by atoms with Gasteiger partial charge in [0.2, 0.25) is 0 Å². The van der Waals surface area contributed by atoms with Crippen molar-refractivity contribution in [2.75, 3.05) is 24.8 Å². The van der Waals surface area contributed by atoms with Gasteiger partial charge >= 0.3 is 0 Å². The van der Waals surface area contributed by atoms with Crippen molar-refractivity contribution in [2.24, 2.45) is 0 Å². The quantitative estimate of drug-likeness (QED) is 0.361. The second kappa shape index (κ2) is 3.99. The Labute approximate surface area is 73.8 Å². The normalized spacial score (nSPS) is 14.9. The monoisotopic (exact) mass is 219 g/mol. The molecule has 0 unspecified atom stereocenters. The highest BCUT2D eigenvalue weighted by Gasteiger charge is 2.07. The fourth-order valence-electron chi connectivity index (χ4n) is 0.420. The Hall–Kier alpha value is 0.570. The lowest BCUT2D eigenvalue weighted by molar-refractivity contribution is 0.483. The lowest BCUT2D eigenvalue weighted by Gasteiger charge is -2.24. The van der Waals surface area contributed by atoms with Gasteiger partial charge in [0.15, 0.2) is 0 Å². The van der Waals surface area contributed by atoms with E-state index in [2.05, 4.69) is 16.4 Å². The molecule has 11 heavy (non-hydrogen) atoms. The van der Waals surface area contributed by atoms with Gasteiger partial charge in [0.05, 0.1) is 5.75 Å². The van der Waals surface area contributed by atoms with Gasteiger partial charge in [-0.05, 0) is 12.5 Å². The van der Waals surface area contributed by atoms with E-state index < -0.39 is 19.4 Å². The van der Waals surface area contributed by atoms with Crippen LogP contribution < -0.4 is 4.72 Å². The minimum atomic E-state index is -3.83. The molecule has 0 aliphatic carbocycles. The van der Waals surface area contributed by atoms with Crippen LogP contribution in [0.2, 0.25) is 0 Å². The second-order valence-corrected chi connectivity index (χ2v) is 9.60. The molecule has 0 aromatic rings. The molecule has 0 aliphatic rings. The molecule has 0 saturated carbocycles. The van der Waals surface area contributed by atoms with Crippen molar-refractivity contribution in [3.63, 3.8) is 0 Å². The molecule has 0 amide bonds. The summed E-state index contributed by atoms with van der Waals surface area (Å²) in [7, 11) is -5.01. The average molecular weight is 219 g/mol. The van der Waals surface area contributed by atoms with E-state index in [9.17, 15) is 8.42 Å². The van der Waals surface area contributed by atoms with Crippen LogP contribution in [0.15, 0.2) is 0 Å². The second-order valence-electron chi connectivity index (χ2n) is 2.45. The summed E-state index contributed by atoms with van der Waals surface area (Å²) in [5.74, 6) is -0.260. The molecule has 0 aliphatic heterocycles. The first-order chi connectivity index (χ1) is 4.71. The molecule has 4 nitrogen and oxygen atoms in total. The van der Waals surface area contributed by atoms with E-state index in [0.29, 0.717) is 0 Å². The standard InChI is InChI=1S/C4H13NO3S3/c1-10(2,9)5-3-4-11(6,7)8/h5,9H,3-4H2,1-2H3,(H,6,7,8). The Morgan fingerprint density at radius 3 is 2.18 bits per heavy atom. The summed E-state index contributed by atoms with van der Waals surface area (Å²) in [6.45, 7) is 0.241. The third kappa shape index (κ3) is 10.6. The largest absolute Gasteiger partial charge is 0.286 e. The Balaban J connectivity index is 3.61. The molecular formula is C4H13NO3S3. The van der Waals surface area contributed by atoms with E-state index in [-0.39, 0.29) is 12.3 Å². The van der Waals surface area contributed by atoms with Gasteiger partial charge < -0.3 is 0 Å². The van der Waals surface area contributed by atoms with Crippen LogP contribution in [0.3, 0.4) is 0 Å².